The first-order valence-electron chi connectivity index (χ1n) is 4.45. The number of Topliss-reactive ketones (excluding diaryl/α,β-unsaturated/α-hetero) is 1. The summed E-state index contributed by atoms with van der Waals surface area (Å²) in [6.45, 7) is 1.52. The SMILES string of the molecule is COc1ccc(C(C)=O)c(OC)c1SC. The van der Waals surface area contributed by atoms with E-state index < -0.39 is 0 Å². The largest absolute Gasteiger partial charge is 0.495 e. The van der Waals surface area contributed by atoms with Gasteiger partial charge in [-0.2, -0.15) is 0 Å². The van der Waals surface area contributed by atoms with Crippen LogP contribution in [0.15, 0.2) is 17.0 Å². The summed E-state index contributed by atoms with van der Waals surface area (Å²) in [5, 5.41) is 0. The van der Waals surface area contributed by atoms with Crippen LogP contribution in [-0.2, 0) is 0 Å². The van der Waals surface area contributed by atoms with Gasteiger partial charge in [0.1, 0.15) is 11.5 Å². The van der Waals surface area contributed by atoms with Crippen molar-refractivity contribution in [3.05, 3.63) is 17.7 Å². The second kappa shape index (κ2) is 5.07. The molecule has 4 heteroatoms. The topological polar surface area (TPSA) is 35.5 Å². The van der Waals surface area contributed by atoms with Crippen molar-refractivity contribution in [2.45, 2.75) is 11.8 Å². The lowest BCUT2D eigenvalue weighted by Gasteiger charge is -2.13. The normalized spacial score (nSPS) is 9.87. The highest BCUT2D eigenvalue weighted by Gasteiger charge is 2.16. The van der Waals surface area contributed by atoms with Crippen LogP contribution >= 0.6 is 11.8 Å². The van der Waals surface area contributed by atoms with Crippen molar-refractivity contribution in [3.63, 3.8) is 0 Å². The number of hydrogen-bond donors (Lipinski definition) is 0. The van der Waals surface area contributed by atoms with Crippen molar-refractivity contribution in [2.75, 3.05) is 20.5 Å². The number of thioether (sulfide) groups is 1. The first kappa shape index (κ1) is 11.9. The van der Waals surface area contributed by atoms with E-state index in [1.165, 1.54) is 18.7 Å². The summed E-state index contributed by atoms with van der Waals surface area (Å²) in [4.78, 5) is 12.2. The van der Waals surface area contributed by atoms with E-state index in [1.807, 2.05) is 6.26 Å². The molecule has 0 saturated heterocycles. The van der Waals surface area contributed by atoms with Crippen molar-refractivity contribution >= 4 is 17.5 Å². The third kappa shape index (κ3) is 2.26. The highest BCUT2D eigenvalue weighted by molar-refractivity contribution is 7.98. The number of carbonyl (C=O) groups is 1. The van der Waals surface area contributed by atoms with Crippen LogP contribution in [0.3, 0.4) is 0 Å². The number of methoxy groups -OCH3 is 2. The Hall–Kier alpha value is -1.16. The second-order valence-corrected chi connectivity index (χ2v) is 3.75. The van der Waals surface area contributed by atoms with E-state index in [1.54, 1.807) is 26.4 Å². The first-order valence-corrected chi connectivity index (χ1v) is 5.68. The Morgan fingerprint density at radius 2 is 1.93 bits per heavy atom. The molecule has 0 radical (unpaired) electrons. The van der Waals surface area contributed by atoms with Crippen LogP contribution in [0.25, 0.3) is 0 Å². The van der Waals surface area contributed by atoms with Crippen LogP contribution in [0.1, 0.15) is 17.3 Å². The van der Waals surface area contributed by atoms with E-state index in [0.29, 0.717) is 11.3 Å². The molecule has 0 saturated carbocycles. The zero-order chi connectivity index (χ0) is 11.4. The van der Waals surface area contributed by atoms with Crippen LogP contribution in [0.2, 0.25) is 0 Å². The Morgan fingerprint density at radius 3 is 2.33 bits per heavy atom. The number of ketones is 1. The van der Waals surface area contributed by atoms with E-state index in [2.05, 4.69) is 0 Å². The summed E-state index contributed by atoms with van der Waals surface area (Å²) >= 11 is 1.50. The Labute approximate surface area is 93.8 Å². The molecule has 0 aromatic heterocycles. The number of hydrogen-bond acceptors (Lipinski definition) is 4. The predicted octanol–water partition coefficient (Wildman–Crippen LogP) is 2.63. The zero-order valence-corrected chi connectivity index (χ0v) is 10.1. The van der Waals surface area contributed by atoms with E-state index in [0.717, 1.165) is 10.6 Å². The molecule has 0 amide bonds. The molecular formula is C11H14O3S. The minimum Gasteiger partial charge on any atom is -0.495 e. The number of carbonyl (C=O) groups excluding carboxylic acids is 1. The molecular weight excluding hydrogens is 212 g/mol. The monoisotopic (exact) mass is 226 g/mol. The van der Waals surface area contributed by atoms with Crippen molar-refractivity contribution in [1.29, 1.82) is 0 Å². The second-order valence-electron chi connectivity index (χ2n) is 2.94. The number of benzene rings is 1. The average Bonchev–Trinajstić information content (AvgIpc) is 2.26. The summed E-state index contributed by atoms with van der Waals surface area (Å²) in [6.07, 6.45) is 1.92. The highest BCUT2D eigenvalue weighted by Crippen LogP contribution is 2.39. The molecule has 15 heavy (non-hydrogen) atoms. The maximum atomic E-state index is 11.4. The summed E-state index contributed by atoms with van der Waals surface area (Å²) in [5.41, 5.74) is 0.586. The Kier molecular flexibility index (Phi) is 4.03. The van der Waals surface area contributed by atoms with Gasteiger partial charge < -0.3 is 9.47 Å². The Bertz CT molecular complexity index is 374. The lowest BCUT2D eigenvalue weighted by Crippen LogP contribution is -2.00. The number of ether oxygens (including phenoxy) is 2. The fraction of sp³-hybridized carbons (Fsp3) is 0.364. The van der Waals surface area contributed by atoms with E-state index in [-0.39, 0.29) is 5.78 Å². The van der Waals surface area contributed by atoms with Gasteiger partial charge in [-0.25, -0.2) is 0 Å². The lowest BCUT2D eigenvalue weighted by atomic mass is 10.1. The van der Waals surface area contributed by atoms with Gasteiger partial charge in [-0.05, 0) is 25.3 Å². The predicted molar refractivity (Wildman–Crippen MR) is 61.3 cm³/mol. The van der Waals surface area contributed by atoms with Gasteiger partial charge in [0.25, 0.3) is 0 Å². The molecule has 0 N–H and O–H groups in total. The third-order valence-corrected chi connectivity index (χ3v) is 2.88. The summed E-state index contributed by atoms with van der Waals surface area (Å²) in [5.74, 6) is 1.31. The van der Waals surface area contributed by atoms with Crippen molar-refractivity contribution in [2.24, 2.45) is 0 Å². The molecule has 0 aliphatic carbocycles. The quantitative estimate of drug-likeness (QED) is 0.584. The number of rotatable bonds is 4. The molecule has 3 nitrogen and oxygen atoms in total. The molecule has 1 aromatic carbocycles. The Balaban J connectivity index is 3.40. The molecule has 1 rings (SSSR count). The van der Waals surface area contributed by atoms with Crippen molar-refractivity contribution in [1.82, 2.24) is 0 Å². The maximum absolute atomic E-state index is 11.4. The fourth-order valence-electron chi connectivity index (χ4n) is 1.38. The van der Waals surface area contributed by atoms with Crippen LogP contribution in [0, 0.1) is 0 Å². The average molecular weight is 226 g/mol. The minimum absolute atomic E-state index is 0.00944. The van der Waals surface area contributed by atoms with Gasteiger partial charge in [0.15, 0.2) is 5.78 Å². The van der Waals surface area contributed by atoms with Crippen LogP contribution in [0.5, 0.6) is 11.5 Å². The summed E-state index contributed by atoms with van der Waals surface area (Å²) in [7, 11) is 3.16. The first-order chi connectivity index (χ1) is 7.15. The van der Waals surface area contributed by atoms with Gasteiger partial charge in [-0.3, -0.25) is 4.79 Å². The molecule has 0 bridgehead atoms. The fourth-order valence-corrected chi connectivity index (χ4v) is 2.11. The summed E-state index contributed by atoms with van der Waals surface area (Å²) in [6, 6.07) is 3.50. The standard InChI is InChI=1S/C11H14O3S/c1-7(12)8-5-6-9(13-2)11(15-4)10(8)14-3/h5-6H,1-4H3. The van der Waals surface area contributed by atoms with Crippen LogP contribution < -0.4 is 9.47 Å². The van der Waals surface area contributed by atoms with Gasteiger partial charge in [0, 0.05) is 0 Å². The molecule has 0 atom stereocenters. The smallest absolute Gasteiger partial charge is 0.163 e. The minimum atomic E-state index is -0.00944. The molecule has 0 unspecified atom stereocenters. The van der Waals surface area contributed by atoms with Crippen molar-refractivity contribution in [3.8, 4) is 11.5 Å². The van der Waals surface area contributed by atoms with E-state index in [4.69, 9.17) is 9.47 Å². The van der Waals surface area contributed by atoms with Crippen LogP contribution in [0.4, 0.5) is 0 Å². The van der Waals surface area contributed by atoms with Crippen molar-refractivity contribution < 1.29 is 14.3 Å². The summed E-state index contributed by atoms with van der Waals surface area (Å²) < 4.78 is 10.5. The van der Waals surface area contributed by atoms with Gasteiger partial charge in [0.2, 0.25) is 0 Å². The zero-order valence-electron chi connectivity index (χ0n) is 9.29. The molecule has 1 aromatic rings. The van der Waals surface area contributed by atoms with Gasteiger partial charge in [0.05, 0.1) is 24.7 Å². The molecule has 0 aliphatic rings. The molecule has 0 aliphatic heterocycles. The van der Waals surface area contributed by atoms with E-state index in [9.17, 15) is 4.79 Å². The Morgan fingerprint density at radius 1 is 1.27 bits per heavy atom. The third-order valence-electron chi connectivity index (χ3n) is 2.08. The van der Waals surface area contributed by atoms with Gasteiger partial charge in [-0.1, -0.05) is 0 Å². The molecule has 0 fully saturated rings. The molecule has 0 spiro atoms. The molecule has 0 heterocycles. The van der Waals surface area contributed by atoms with Gasteiger partial charge >= 0.3 is 0 Å². The van der Waals surface area contributed by atoms with Gasteiger partial charge in [-0.15, -0.1) is 11.8 Å². The van der Waals surface area contributed by atoms with E-state index >= 15 is 0 Å². The highest BCUT2D eigenvalue weighted by atomic mass is 32.2. The lowest BCUT2D eigenvalue weighted by molar-refractivity contribution is 0.101. The maximum Gasteiger partial charge on any atom is 0.163 e. The van der Waals surface area contributed by atoms with Crippen LogP contribution in [-0.4, -0.2) is 26.3 Å². The molecule has 82 valence electrons.